The van der Waals surface area contributed by atoms with Crippen LogP contribution in [0.15, 0.2) is 0 Å². The van der Waals surface area contributed by atoms with Crippen molar-refractivity contribution in [2.45, 2.75) is 200 Å². The van der Waals surface area contributed by atoms with Crippen molar-refractivity contribution >= 4 is 30.1 Å². The zero-order valence-electron chi connectivity index (χ0n) is 32.8. The molecule has 0 aliphatic rings. The zero-order valence-corrected chi connectivity index (χ0v) is 38.5. The standard InChI is InChI=1S/C35H68O5.C2H7O4PS.2Na/c1-3-5-7-9-11-13-15-17-19-21-23-25-27-29-34(37)39-32-33(31-36)40-35(38)30-28-26-24-22-20-18-16-14-12-10-8-6-4-2;3-1-2-8-7(4,5)6;;/h33,36H,3-32H2,1-2H3;3H,1-2H2,(H2,4,5,6);;/q;;2*+1/p-2/t33-;;;/m0.../s1. The molecule has 0 aromatic carbocycles. The third kappa shape index (κ3) is 51.5. The van der Waals surface area contributed by atoms with Gasteiger partial charge in [0, 0.05) is 18.6 Å². The molecule has 13 heteroatoms. The van der Waals surface area contributed by atoms with Gasteiger partial charge in [0.15, 0.2) is 6.10 Å². The predicted octanol–water partition coefficient (Wildman–Crippen LogP) is 2.94. The average molecular weight is 771 g/mol. The molecule has 50 heavy (non-hydrogen) atoms. The van der Waals surface area contributed by atoms with Crippen LogP contribution in [0.3, 0.4) is 0 Å². The fourth-order valence-electron chi connectivity index (χ4n) is 5.35. The van der Waals surface area contributed by atoms with Crippen LogP contribution in [-0.2, 0) is 23.6 Å². The van der Waals surface area contributed by atoms with Crippen LogP contribution in [0.1, 0.15) is 194 Å². The summed E-state index contributed by atoms with van der Waals surface area (Å²) in [6, 6.07) is 0. The molecule has 0 saturated carbocycles. The van der Waals surface area contributed by atoms with Crippen LogP contribution < -0.4 is 68.9 Å². The Kier molecular flexibility index (Phi) is 54.0. The molecule has 288 valence electrons. The molecule has 0 fully saturated rings. The van der Waals surface area contributed by atoms with E-state index >= 15 is 0 Å². The van der Waals surface area contributed by atoms with Crippen LogP contribution in [0.2, 0.25) is 0 Å². The van der Waals surface area contributed by atoms with Gasteiger partial charge in [-0.2, -0.15) is 0 Å². The first-order valence-corrected chi connectivity index (χ1v) is 22.6. The zero-order chi connectivity index (χ0) is 36.0. The number of aliphatic hydroxyl groups excluding tert-OH is 2. The topological polar surface area (TPSA) is 156 Å². The second-order valence-electron chi connectivity index (χ2n) is 13.0. The first-order valence-electron chi connectivity index (χ1n) is 19.4. The fourth-order valence-corrected chi connectivity index (χ4v) is 6.57. The summed E-state index contributed by atoms with van der Waals surface area (Å²) in [5.74, 6) is -0.617. The van der Waals surface area contributed by atoms with Crippen molar-refractivity contribution in [2.24, 2.45) is 0 Å². The summed E-state index contributed by atoms with van der Waals surface area (Å²) in [6.07, 6.45) is 32.9. The predicted molar refractivity (Wildman–Crippen MR) is 196 cm³/mol. The Hall–Kier alpha value is 1.36. The second-order valence-corrected chi connectivity index (χ2v) is 16.6. The maximum absolute atomic E-state index is 12.1. The monoisotopic (exact) mass is 770 g/mol. The molecule has 0 unspecified atom stereocenters. The molecule has 9 nitrogen and oxygen atoms in total. The van der Waals surface area contributed by atoms with E-state index in [-0.39, 0.29) is 108 Å². The van der Waals surface area contributed by atoms with E-state index in [1.807, 2.05) is 0 Å². The van der Waals surface area contributed by atoms with E-state index in [0.717, 1.165) is 32.1 Å². The molecule has 0 amide bonds. The van der Waals surface area contributed by atoms with E-state index in [4.69, 9.17) is 14.6 Å². The molecule has 0 aromatic heterocycles. The van der Waals surface area contributed by atoms with Gasteiger partial charge in [-0.15, -0.1) is 11.4 Å². The summed E-state index contributed by atoms with van der Waals surface area (Å²) in [6.45, 7) is -0.565. The molecule has 1 atom stereocenters. The Morgan fingerprint density at radius 2 is 0.900 bits per heavy atom. The largest absolute Gasteiger partial charge is 1.00 e. The van der Waals surface area contributed by atoms with E-state index in [1.165, 1.54) is 135 Å². The minimum absolute atomic E-state index is 0. The number of carbonyl (C=O) groups is 2. The quantitative estimate of drug-likeness (QED) is 0.0426. The van der Waals surface area contributed by atoms with E-state index in [2.05, 4.69) is 13.8 Å². The second kappa shape index (κ2) is 46.5. The number of rotatable bonds is 35. The molecule has 2 N–H and O–H groups in total. The number of hydrogen-bond acceptors (Lipinski definition) is 10. The molecule has 0 aliphatic carbocycles. The number of unbranched alkanes of at least 4 members (excludes halogenated alkanes) is 24. The van der Waals surface area contributed by atoms with Crippen LogP contribution in [0.4, 0.5) is 0 Å². The van der Waals surface area contributed by atoms with Gasteiger partial charge in [-0.1, -0.05) is 168 Å². The first kappa shape index (κ1) is 58.1. The third-order valence-corrected chi connectivity index (χ3v) is 10.4. The maximum atomic E-state index is 12.1. The SMILES string of the molecule is CCCCCCCCCCCCCCCC(=O)OC[C@H](CO)OC(=O)CCCCCCCCCCCCCCC.O=P([O-])([O-])SCCO.[Na+].[Na+]. The van der Waals surface area contributed by atoms with Gasteiger partial charge < -0.3 is 34.0 Å². The van der Waals surface area contributed by atoms with Crippen molar-refractivity contribution in [3.05, 3.63) is 0 Å². The summed E-state index contributed by atoms with van der Waals surface area (Å²) < 4.78 is 20.3. The van der Waals surface area contributed by atoms with Gasteiger partial charge >= 0.3 is 71.1 Å². The number of esters is 2. The Bertz CT molecular complexity index is 748. The van der Waals surface area contributed by atoms with Crippen molar-refractivity contribution < 1.29 is 103 Å². The van der Waals surface area contributed by atoms with Gasteiger partial charge in [-0.05, 0) is 19.6 Å². The molecule has 0 bridgehead atoms. The van der Waals surface area contributed by atoms with Crippen LogP contribution in [0.5, 0.6) is 0 Å². The van der Waals surface area contributed by atoms with Crippen LogP contribution in [0.25, 0.3) is 0 Å². The van der Waals surface area contributed by atoms with Crippen LogP contribution >= 0.6 is 18.2 Å². The van der Waals surface area contributed by atoms with Crippen molar-refractivity contribution in [3.8, 4) is 0 Å². The molecular formula is C37H73Na2O9PS. The van der Waals surface area contributed by atoms with Crippen molar-refractivity contribution in [1.29, 1.82) is 0 Å². The molecule has 0 aromatic rings. The molecule has 0 aliphatic heterocycles. The van der Waals surface area contributed by atoms with E-state index < -0.39 is 12.9 Å². The van der Waals surface area contributed by atoms with Gasteiger partial charge in [-0.25, -0.2) is 0 Å². The van der Waals surface area contributed by atoms with Gasteiger partial charge in [0.05, 0.1) is 13.2 Å². The summed E-state index contributed by atoms with van der Waals surface area (Å²) in [4.78, 5) is 43.5. The summed E-state index contributed by atoms with van der Waals surface area (Å²) >= 11 is 0.228. The minimum Gasteiger partial charge on any atom is -0.803 e. The van der Waals surface area contributed by atoms with Gasteiger partial charge in [0.2, 0.25) is 0 Å². The van der Waals surface area contributed by atoms with Crippen molar-refractivity contribution in [1.82, 2.24) is 0 Å². The Morgan fingerprint density at radius 1 is 0.580 bits per heavy atom. The van der Waals surface area contributed by atoms with Gasteiger partial charge in [0.1, 0.15) is 6.61 Å². The van der Waals surface area contributed by atoms with E-state index in [1.54, 1.807) is 0 Å². The molecule has 0 rings (SSSR count). The Labute approximate surface area is 355 Å². The molecule has 0 radical (unpaired) electrons. The van der Waals surface area contributed by atoms with Gasteiger partial charge in [0.25, 0.3) is 0 Å². The van der Waals surface area contributed by atoms with Gasteiger partial charge in [-0.3, -0.25) is 9.59 Å². The smallest absolute Gasteiger partial charge is 0.803 e. The molecule has 0 heterocycles. The Balaban J connectivity index is -0.000000935. The molecule has 0 saturated heterocycles. The van der Waals surface area contributed by atoms with Crippen molar-refractivity contribution in [3.63, 3.8) is 0 Å². The molecular weight excluding hydrogens is 697 g/mol. The van der Waals surface area contributed by atoms with E-state index in [0.29, 0.717) is 12.8 Å². The first-order chi connectivity index (χ1) is 23.2. The number of aliphatic hydroxyl groups is 2. The molecule has 0 spiro atoms. The fraction of sp³-hybridized carbons (Fsp3) is 0.946. The summed E-state index contributed by atoms with van der Waals surface area (Å²) in [5.41, 5.74) is 0. The minimum atomic E-state index is -4.43. The number of carbonyl (C=O) groups excluding carboxylic acids is 2. The van der Waals surface area contributed by atoms with E-state index in [9.17, 15) is 29.0 Å². The third-order valence-electron chi connectivity index (χ3n) is 8.24. The van der Waals surface area contributed by atoms with Crippen molar-refractivity contribution in [2.75, 3.05) is 25.6 Å². The summed E-state index contributed by atoms with van der Waals surface area (Å²) in [5, 5.41) is 17.5. The van der Waals surface area contributed by atoms with Crippen LogP contribution in [-0.4, -0.2) is 53.8 Å². The van der Waals surface area contributed by atoms with Crippen LogP contribution in [0, 0.1) is 0 Å². The summed E-state index contributed by atoms with van der Waals surface area (Å²) in [7, 11) is 0. The normalized spacial score (nSPS) is 11.5. The average Bonchev–Trinajstić information content (AvgIpc) is 3.06. The number of hydrogen-bond donors (Lipinski definition) is 2. The number of ether oxygens (including phenoxy) is 2. The maximum Gasteiger partial charge on any atom is 1.00 e. The Morgan fingerprint density at radius 3 is 1.18 bits per heavy atom.